The molecule has 0 spiro atoms. The van der Waals surface area contributed by atoms with Crippen LogP contribution in [0, 0.1) is 17.8 Å². The number of halogens is 3. The SMILES string of the molecule is CNC(C1CCCOC1)C1CCCC(C(F)(F)F)C1. The second-order valence-corrected chi connectivity index (χ2v) is 5.96. The van der Waals surface area contributed by atoms with Crippen LogP contribution in [-0.4, -0.2) is 32.5 Å². The van der Waals surface area contributed by atoms with Crippen LogP contribution < -0.4 is 5.32 Å². The fraction of sp³-hybridized carbons (Fsp3) is 1.00. The summed E-state index contributed by atoms with van der Waals surface area (Å²) in [6, 6.07) is 0.172. The Balaban J connectivity index is 1.97. The van der Waals surface area contributed by atoms with Crippen LogP contribution in [0.5, 0.6) is 0 Å². The third-order valence-electron chi connectivity index (χ3n) is 4.72. The van der Waals surface area contributed by atoms with Crippen LogP contribution in [0.2, 0.25) is 0 Å². The van der Waals surface area contributed by atoms with Gasteiger partial charge in [0, 0.05) is 12.6 Å². The molecule has 0 aromatic heterocycles. The van der Waals surface area contributed by atoms with Crippen molar-refractivity contribution in [2.75, 3.05) is 20.3 Å². The van der Waals surface area contributed by atoms with Crippen molar-refractivity contribution in [2.24, 2.45) is 17.8 Å². The molecule has 0 aromatic rings. The van der Waals surface area contributed by atoms with Crippen LogP contribution in [0.1, 0.15) is 38.5 Å². The Bertz CT molecular complexity index is 276. The van der Waals surface area contributed by atoms with Crippen molar-refractivity contribution < 1.29 is 17.9 Å². The van der Waals surface area contributed by atoms with Crippen molar-refractivity contribution in [1.29, 1.82) is 0 Å². The molecule has 19 heavy (non-hydrogen) atoms. The lowest BCUT2D eigenvalue weighted by Crippen LogP contribution is -2.46. The van der Waals surface area contributed by atoms with Gasteiger partial charge in [-0.2, -0.15) is 13.2 Å². The van der Waals surface area contributed by atoms with Crippen LogP contribution in [0.4, 0.5) is 13.2 Å². The van der Waals surface area contributed by atoms with Crippen molar-refractivity contribution in [3.8, 4) is 0 Å². The highest BCUT2D eigenvalue weighted by Gasteiger charge is 2.44. The molecule has 2 nitrogen and oxygen atoms in total. The minimum atomic E-state index is -4.03. The average Bonchev–Trinajstić information content (AvgIpc) is 2.40. The Morgan fingerprint density at radius 3 is 2.42 bits per heavy atom. The van der Waals surface area contributed by atoms with Gasteiger partial charge in [0.15, 0.2) is 0 Å². The second-order valence-electron chi connectivity index (χ2n) is 5.96. The molecule has 1 saturated heterocycles. The third-order valence-corrected chi connectivity index (χ3v) is 4.72. The van der Waals surface area contributed by atoms with Gasteiger partial charge in [-0.25, -0.2) is 0 Å². The molecule has 5 heteroatoms. The molecule has 2 aliphatic rings. The fourth-order valence-corrected chi connectivity index (χ4v) is 3.76. The molecule has 0 amide bonds. The molecule has 1 saturated carbocycles. The van der Waals surface area contributed by atoms with Crippen LogP contribution in [-0.2, 0) is 4.74 Å². The van der Waals surface area contributed by atoms with Gasteiger partial charge in [-0.05, 0) is 51.0 Å². The summed E-state index contributed by atoms with van der Waals surface area (Å²) in [5, 5.41) is 3.27. The Kier molecular flexibility index (Phi) is 5.12. The van der Waals surface area contributed by atoms with Crippen LogP contribution in [0.15, 0.2) is 0 Å². The maximum atomic E-state index is 12.9. The Labute approximate surface area is 113 Å². The van der Waals surface area contributed by atoms with Crippen molar-refractivity contribution in [3.05, 3.63) is 0 Å². The second kappa shape index (κ2) is 6.44. The number of hydrogen-bond acceptors (Lipinski definition) is 2. The van der Waals surface area contributed by atoms with Crippen LogP contribution in [0.3, 0.4) is 0 Å². The smallest absolute Gasteiger partial charge is 0.381 e. The molecule has 0 bridgehead atoms. The van der Waals surface area contributed by atoms with Crippen molar-refractivity contribution >= 4 is 0 Å². The van der Waals surface area contributed by atoms with Gasteiger partial charge in [-0.1, -0.05) is 6.42 Å². The summed E-state index contributed by atoms with van der Waals surface area (Å²) in [6.07, 6.45) is 0.259. The van der Waals surface area contributed by atoms with Gasteiger partial charge >= 0.3 is 6.18 Å². The standard InChI is InChI=1S/C14H24F3NO/c1-18-13(11-5-3-7-19-9-11)10-4-2-6-12(8-10)14(15,16)17/h10-13,18H,2-9H2,1H3. The number of ether oxygens (including phenoxy) is 1. The van der Waals surface area contributed by atoms with Gasteiger partial charge in [-0.15, -0.1) is 0 Å². The van der Waals surface area contributed by atoms with Gasteiger partial charge in [0.25, 0.3) is 0 Å². The molecule has 2 fully saturated rings. The number of nitrogens with one attached hydrogen (secondary N) is 1. The van der Waals surface area contributed by atoms with Gasteiger partial charge in [0.05, 0.1) is 12.5 Å². The lowest BCUT2D eigenvalue weighted by molar-refractivity contribution is -0.187. The van der Waals surface area contributed by atoms with Crippen molar-refractivity contribution in [2.45, 2.75) is 50.7 Å². The average molecular weight is 279 g/mol. The molecule has 4 unspecified atom stereocenters. The summed E-state index contributed by atoms with van der Waals surface area (Å²) in [7, 11) is 1.87. The summed E-state index contributed by atoms with van der Waals surface area (Å²) in [6.45, 7) is 1.49. The van der Waals surface area contributed by atoms with E-state index in [1.165, 1.54) is 0 Å². The van der Waals surface area contributed by atoms with E-state index in [4.69, 9.17) is 4.74 Å². The van der Waals surface area contributed by atoms with Gasteiger partial charge < -0.3 is 10.1 Å². The Hall–Kier alpha value is -0.290. The molecule has 0 radical (unpaired) electrons. The van der Waals surface area contributed by atoms with Crippen LogP contribution in [0.25, 0.3) is 0 Å². The normalized spacial score (nSPS) is 35.1. The molecule has 1 heterocycles. The Morgan fingerprint density at radius 1 is 1.11 bits per heavy atom. The lowest BCUT2D eigenvalue weighted by Gasteiger charge is -2.40. The first-order chi connectivity index (χ1) is 9.02. The van der Waals surface area contributed by atoms with E-state index < -0.39 is 12.1 Å². The first-order valence-electron chi connectivity index (χ1n) is 7.34. The van der Waals surface area contributed by atoms with Gasteiger partial charge in [0.1, 0.15) is 0 Å². The number of hydrogen-bond donors (Lipinski definition) is 1. The van der Waals surface area contributed by atoms with Gasteiger partial charge in [-0.3, -0.25) is 0 Å². The highest BCUT2D eigenvalue weighted by molar-refractivity contribution is 4.88. The largest absolute Gasteiger partial charge is 0.391 e. The molecule has 0 aromatic carbocycles. The quantitative estimate of drug-likeness (QED) is 0.855. The minimum absolute atomic E-state index is 0.136. The zero-order valence-corrected chi connectivity index (χ0v) is 11.5. The summed E-state index contributed by atoms with van der Waals surface area (Å²) in [4.78, 5) is 0. The zero-order chi connectivity index (χ0) is 13.9. The lowest BCUT2D eigenvalue weighted by atomic mass is 9.73. The molecule has 112 valence electrons. The van der Waals surface area contributed by atoms with E-state index in [9.17, 15) is 13.2 Å². The maximum absolute atomic E-state index is 12.9. The highest BCUT2D eigenvalue weighted by Crippen LogP contribution is 2.42. The molecule has 4 atom stereocenters. The summed E-state index contributed by atoms with van der Waals surface area (Å²) in [5.74, 6) is -0.598. The van der Waals surface area contributed by atoms with Crippen LogP contribution >= 0.6 is 0 Å². The molecular formula is C14H24F3NO. The molecule has 1 N–H and O–H groups in total. The van der Waals surface area contributed by atoms with Gasteiger partial charge in [0.2, 0.25) is 0 Å². The van der Waals surface area contributed by atoms with E-state index in [2.05, 4.69) is 5.32 Å². The third kappa shape index (κ3) is 3.85. The number of rotatable bonds is 3. The number of alkyl halides is 3. The molecule has 1 aliphatic carbocycles. The molecular weight excluding hydrogens is 255 g/mol. The van der Waals surface area contributed by atoms with Crippen molar-refractivity contribution in [3.63, 3.8) is 0 Å². The first-order valence-corrected chi connectivity index (χ1v) is 7.34. The summed E-state index contributed by atoms with van der Waals surface area (Å²) < 4.78 is 44.1. The summed E-state index contributed by atoms with van der Waals surface area (Å²) in [5.41, 5.74) is 0. The minimum Gasteiger partial charge on any atom is -0.381 e. The monoisotopic (exact) mass is 279 g/mol. The highest BCUT2D eigenvalue weighted by atomic mass is 19.4. The van der Waals surface area contributed by atoms with E-state index >= 15 is 0 Å². The van der Waals surface area contributed by atoms with E-state index in [0.717, 1.165) is 25.9 Å². The Morgan fingerprint density at radius 2 is 1.84 bits per heavy atom. The summed E-state index contributed by atoms with van der Waals surface area (Å²) >= 11 is 0. The van der Waals surface area contributed by atoms with E-state index in [1.807, 2.05) is 7.05 Å². The van der Waals surface area contributed by atoms with Crippen molar-refractivity contribution in [1.82, 2.24) is 5.32 Å². The topological polar surface area (TPSA) is 21.3 Å². The van der Waals surface area contributed by atoms with E-state index in [0.29, 0.717) is 25.4 Å². The maximum Gasteiger partial charge on any atom is 0.391 e. The zero-order valence-electron chi connectivity index (χ0n) is 11.5. The molecule has 1 aliphatic heterocycles. The van der Waals surface area contributed by atoms with E-state index in [-0.39, 0.29) is 18.4 Å². The molecule has 2 rings (SSSR count). The predicted molar refractivity (Wildman–Crippen MR) is 67.9 cm³/mol. The van der Waals surface area contributed by atoms with E-state index in [1.54, 1.807) is 0 Å². The fourth-order valence-electron chi connectivity index (χ4n) is 3.76. The predicted octanol–water partition coefficient (Wildman–Crippen LogP) is 3.37. The first kappa shape index (κ1) is 15.1.